The van der Waals surface area contributed by atoms with E-state index < -0.39 is 71.9 Å². The monoisotopic (exact) mass is 570 g/mol. The summed E-state index contributed by atoms with van der Waals surface area (Å²) >= 11 is 0. The van der Waals surface area contributed by atoms with Crippen LogP contribution in [0.5, 0.6) is 0 Å². The Hall–Kier alpha value is -2.79. The van der Waals surface area contributed by atoms with Crippen LogP contribution in [-0.2, 0) is 23.9 Å². The summed E-state index contributed by atoms with van der Waals surface area (Å²) in [5.41, 5.74) is -0.718. The largest absolute Gasteiger partial charge is 0.453 e. The van der Waals surface area contributed by atoms with E-state index in [4.69, 9.17) is 4.74 Å². The molecule has 2 saturated carbocycles. The summed E-state index contributed by atoms with van der Waals surface area (Å²) in [6, 6.07) is -3.54. The maximum Gasteiger partial charge on any atom is 0.407 e. The van der Waals surface area contributed by atoms with Crippen LogP contribution in [0.4, 0.5) is 13.6 Å². The molecule has 1 saturated heterocycles. The van der Waals surface area contributed by atoms with E-state index in [0.717, 1.165) is 45.4 Å². The molecule has 10 nitrogen and oxygen atoms in total. The topological polar surface area (TPSA) is 134 Å². The number of alkyl halides is 2. The van der Waals surface area contributed by atoms with Gasteiger partial charge < -0.3 is 25.6 Å². The van der Waals surface area contributed by atoms with Gasteiger partial charge >= 0.3 is 6.09 Å². The van der Waals surface area contributed by atoms with Crippen molar-refractivity contribution in [3.05, 3.63) is 0 Å². The maximum atomic E-state index is 13.9. The molecule has 4 atom stereocenters. The third-order valence-corrected chi connectivity index (χ3v) is 8.20. The van der Waals surface area contributed by atoms with E-state index in [1.54, 1.807) is 20.8 Å². The first-order valence-corrected chi connectivity index (χ1v) is 14.3. The van der Waals surface area contributed by atoms with Gasteiger partial charge in [-0.15, -0.1) is 0 Å². The fourth-order valence-electron chi connectivity index (χ4n) is 5.84. The Morgan fingerprint density at radius 1 is 0.950 bits per heavy atom. The van der Waals surface area contributed by atoms with Crippen molar-refractivity contribution in [2.45, 2.75) is 116 Å². The SMILES string of the molecule is COC(=O)N[C@H](C(=O)N1CC[C@H](C2CCCC2)[C@H]1C(=O)N[C@@H](CCC(C)(F)F)C(=O)C(=O)NC1CC1)C(C)(C)C. The van der Waals surface area contributed by atoms with Crippen LogP contribution < -0.4 is 16.0 Å². The number of ketones is 1. The molecule has 3 fully saturated rings. The molecule has 0 bridgehead atoms. The van der Waals surface area contributed by atoms with Crippen LogP contribution in [0.3, 0.4) is 0 Å². The van der Waals surface area contributed by atoms with E-state index in [-0.39, 0.29) is 24.4 Å². The minimum atomic E-state index is -3.10. The summed E-state index contributed by atoms with van der Waals surface area (Å²) in [7, 11) is 1.19. The lowest BCUT2D eigenvalue weighted by Crippen LogP contribution is -2.60. The number of hydrogen-bond acceptors (Lipinski definition) is 6. The average molecular weight is 571 g/mol. The summed E-state index contributed by atoms with van der Waals surface area (Å²) in [5, 5.41) is 7.74. The number of carbonyl (C=O) groups is 5. The average Bonchev–Trinajstić information content (AvgIpc) is 3.32. The lowest BCUT2D eigenvalue weighted by Gasteiger charge is -2.37. The van der Waals surface area contributed by atoms with Crippen LogP contribution >= 0.6 is 0 Å². The molecule has 0 unspecified atom stereocenters. The molecule has 12 heteroatoms. The second-order valence-electron chi connectivity index (χ2n) is 12.7. The number of amides is 4. The van der Waals surface area contributed by atoms with Gasteiger partial charge in [-0.1, -0.05) is 46.5 Å². The normalized spacial score (nSPS) is 23.3. The molecule has 2 aliphatic carbocycles. The molecule has 1 heterocycles. The number of alkyl carbamates (subject to hydrolysis) is 1. The summed E-state index contributed by atoms with van der Waals surface area (Å²) in [6.07, 6.45) is 3.93. The van der Waals surface area contributed by atoms with Crippen molar-refractivity contribution in [2.24, 2.45) is 17.3 Å². The van der Waals surface area contributed by atoms with Gasteiger partial charge in [0.1, 0.15) is 12.1 Å². The summed E-state index contributed by atoms with van der Waals surface area (Å²) in [6.45, 7) is 6.33. The quantitative estimate of drug-likeness (QED) is 0.327. The number of carbonyl (C=O) groups excluding carboxylic acids is 5. The Bertz CT molecular complexity index is 969. The number of hydrogen-bond donors (Lipinski definition) is 3. The molecule has 4 amide bonds. The van der Waals surface area contributed by atoms with E-state index >= 15 is 0 Å². The van der Waals surface area contributed by atoms with Gasteiger partial charge in [0.2, 0.25) is 23.5 Å². The molecule has 0 aromatic carbocycles. The summed E-state index contributed by atoms with van der Waals surface area (Å²) < 4.78 is 32.2. The molecule has 3 N–H and O–H groups in total. The van der Waals surface area contributed by atoms with Gasteiger partial charge in [-0.25, -0.2) is 13.6 Å². The zero-order chi connectivity index (χ0) is 29.8. The predicted octanol–water partition coefficient (Wildman–Crippen LogP) is 2.93. The summed E-state index contributed by atoms with van der Waals surface area (Å²) in [4.78, 5) is 66.8. The second kappa shape index (κ2) is 12.8. The van der Waals surface area contributed by atoms with Crippen molar-refractivity contribution >= 4 is 29.6 Å². The molecule has 3 rings (SSSR count). The van der Waals surface area contributed by atoms with E-state index in [9.17, 15) is 32.8 Å². The number of rotatable bonds is 11. The smallest absolute Gasteiger partial charge is 0.407 e. The highest BCUT2D eigenvalue weighted by molar-refractivity contribution is 6.38. The van der Waals surface area contributed by atoms with E-state index in [0.29, 0.717) is 6.42 Å². The number of Topliss-reactive ketones (excluding diaryl/α,β-unsaturated/α-hetero) is 1. The fourth-order valence-corrected chi connectivity index (χ4v) is 5.84. The van der Waals surface area contributed by atoms with Crippen molar-refractivity contribution < 1.29 is 37.5 Å². The van der Waals surface area contributed by atoms with Gasteiger partial charge in [-0.05, 0) is 49.9 Å². The Labute approximate surface area is 234 Å². The molecular weight excluding hydrogens is 526 g/mol. The van der Waals surface area contributed by atoms with Crippen molar-refractivity contribution in [3.63, 3.8) is 0 Å². The highest BCUT2D eigenvalue weighted by atomic mass is 19.3. The van der Waals surface area contributed by atoms with Crippen LogP contribution in [0, 0.1) is 17.3 Å². The first-order valence-electron chi connectivity index (χ1n) is 14.3. The fraction of sp³-hybridized carbons (Fsp3) is 0.821. The molecule has 1 aliphatic heterocycles. The van der Waals surface area contributed by atoms with Crippen LogP contribution in [0.2, 0.25) is 0 Å². The van der Waals surface area contributed by atoms with Gasteiger partial charge in [0.15, 0.2) is 0 Å². The third-order valence-electron chi connectivity index (χ3n) is 8.20. The maximum absolute atomic E-state index is 13.9. The van der Waals surface area contributed by atoms with Crippen LogP contribution in [0.25, 0.3) is 0 Å². The van der Waals surface area contributed by atoms with Crippen molar-refractivity contribution in [3.8, 4) is 0 Å². The Kier molecular flexibility index (Phi) is 10.2. The molecule has 3 aliphatic rings. The Balaban J connectivity index is 1.88. The highest BCUT2D eigenvalue weighted by Crippen LogP contribution is 2.41. The Morgan fingerprint density at radius 2 is 1.57 bits per heavy atom. The molecule has 0 aromatic heterocycles. The molecule has 0 spiro atoms. The van der Waals surface area contributed by atoms with Crippen LogP contribution in [0.15, 0.2) is 0 Å². The number of halogens is 2. The minimum Gasteiger partial charge on any atom is -0.453 e. The van der Waals surface area contributed by atoms with Crippen LogP contribution in [0.1, 0.15) is 85.5 Å². The standard InChI is InChI=1S/C28H44F2N4O6/c1-27(2,3)22(33-26(39)40-5)25(38)34-15-13-18(16-8-6-7-9-16)20(34)23(36)32-19(12-14-28(4,29)30)21(35)24(37)31-17-10-11-17/h16-20,22H,6-15H2,1-5H3,(H,31,37)(H,32,36)(H,33,39)/t18-,19+,20+,22-/m1/s1. The molecule has 0 aromatic rings. The van der Waals surface area contributed by atoms with E-state index in [2.05, 4.69) is 16.0 Å². The second-order valence-corrected chi connectivity index (χ2v) is 12.7. The lowest BCUT2D eigenvalue weighted by atomic mass is 9.83. The number of ether oxygens (including phenoxy) is 1. The van der Waals surface area contributed by atoms with Crippen molar-refractivity contribution in [1.82, 2.24) is 20.9 Å². The third kappa shape index (κ3) is 8.36. The van der Waals surface area contributed by atoms with Crippen LogP contribution in [-0.4, -0.2) is 78.2 Å². The van der Waals surface area contributed by atoms with Gasteiger partial charge in [0, 0.05) is 19.0 Å². The van der Waals surface area contributed by atoms with E-state index in [1.165, 1.54) is 12.0 Å². The van der Waals surface area contributed by atoms with E-state index in [1.807, 2.05) is 0 Å². The molecule has 40 heavy (non-hydrogen) atoms. The number of likely N-dealkylation sites (tertiary alicyclic amines) is 1. The molecule has 0 radical (unpaired) electrons. The Morgan fingerprint density at radius 3 is 2.10 bits per heavy atom. The first-order chi connectivity index (χ1) is 18.6. The van der Waals surface area contributed by atoms with Gasteiger partial charge in [0.05, 0.1) is 13.2 Å². The zero-order valence-electron chi connectivity index (χ0n) is 24.2. The predicted molar refractivity (Wildman–Crippen MR) is 142 cm³/mol. The van der Waals surface area contributed by atoms with Crippen molar-refractivity contribution in [2.75, 3.05) is 13.7 Å². The number of nitrogens with zero attached hydrogens (tertiary/aromatic N) is 1. The molecule has 226 valence electrons. The van der Waals surface area contributed by atoms with Gasteiger partial charge in [-0.2, -0.15) is 0 Å². The van der Waals surface area contributed by atoms with Gasteiger partial charge in [0.25, 0.3) is 5.91 Å². The number of methoxy groups -OCH3 is 1. The highest BCUT2D eigenvalue weighted by Gasteiger charge is 2.49. The first kappa shape index (κ1) is 31.7. The zero-order valence-corrected chi connectivity index (χ0v) is 24.2. The summed E-state index contributed by atoms with van der Waals surface area (Å²) in [5.74, 6) is -6.11. The number of nitrogens with one attached hydrogen (secondary N) is 3. The van der Waals surface area contributed by atoms with Gasteiger partial charge in [-0.3, -0.25) is 19.2 Å². The minimum absolute atomic E-state index is 0.119. The molecular formula is C28H44F2N4O6. The lowest BCUT2D eigenvalue weighted by molar-refractivity contribution is -0.145. The van der Waals surface area contributed by atoms with Crippen molar-refractivity contribution in [1.29, 1.82) is 0 Å².